The Labute approximate surface area is 119 Å². The van der Waals surface area contributed by atoms with Crippen LogP contribution in [0.1, 0.15) is 32.7 Å². The molecule has 0 aliphatic carbocycles. The van der Waals surface area contributed by atoms with Crippen LogP contribution in [0, 0.1) is 0 Å². The summed E-state index contributed by atoms with van der Waals surface area (Å²) in [6, 6.07) is 1.07. The molecule has 1 aromatic rings. The van der Waals surface area contributed by atoms with Crippen LogP contribution in [-0.4, -0.2) is 53.1 Å². The zero-order chi connectivity index (χ0) is 14.1. The lowest BCUT2D eigenvalue weighted by Gasteiger charge is -2.41. The van der Waals surface area contributed by atoms with E-state index in [2.05, 4.69) is 10.00 Å². The Morgan fingerprint density at radius 1 is 1.30 bits per heavy atom. The predicted molar refractivity (Wildman–Crippen MR) is 76.9 cm³/mol. The van der Waals surface area contributed by atoms with Crippen molar-refractivity contribution in [1.29, 1.82) is 0 Å². The van der Waals surface area contributed by atoms with Gasteiger partial charge in [-0.15, -0.1) is 5.10 Å². The molecular weight excluding hydrogens is 256 g/mol. The maximum Gasteiger partial charge on any atom is 0.256 e. The molecule has 0 radical (unpaired) electrons. The largest absolute Gasteiger partial charge is 0.472 e. The Balaban J connectivity index is 1.59. The van der Waals surface area contributed by atoms with Crippen molar-refractivity contribution < 1.29 is 9.47 Å². The molecule has 2 aliphatic rings. The zero-order valence-corrected chi connectivity index (χ0v) is 12.3. The number of hydrogen-bond acceptors (Lipinski definition) is 5. The van der Waals surface area contributed by atoms with Crippen molar-refractivity contribution >= 4 is 5.69 Å². The lowest BCUT2D eigenvalue weighted by molar-refractivity contribution is -0.0734. The average Bonchev–Trinajstić information content (AvgIpc) is 2.69. The molecule has 0 unspecified atom stereocenters. The van der Waals surface area contributed by atoms with Crippen molar-refractivity contribution in [2.45, 2.75) is 44.9 Å². The van der Waals surface area contributed by atoms with Gasteiger partial charge in [0.2, 0.25) is 0 Å². The van der Waals surface area contributed by atoms with Crippen LogP contribution in [0.25, 0.3) is 0 Å². The van der Waals surface area contributed by atoms with Crippen molar-refractivity contribution in [1.82, 2.24) is 14.7 Å². The first kappa shape index (κ1) is 13.7. The highest BCUT2D eigenvalue weighted by Crippen LogP contribution is 2.28. The lowest BCUT2D eigenvalue weighted by Crippen LogP contribution is -2.51. The van der Waals surface area contributed by atoms with E-state index in [-0.39, 0.29) is 6.10 Å². The summed E-state index contributed by atoms with van der Waals surface area (Å²) < 4.78 is 12.9. The molecule has 20 heavy (non-hydrogen) atoms. The summed E-state index contributed by atoms with van der Waals surface area (Å²) in [5.74, 6) is 0.565. The van der Waals surface area contributed by atoms with Crippen molar-refractivity contribution in [3.05, 3.63) is 6.20 Å². The SMILES string of the molecule is CC(C)Oc1nn(C2CCN(C3COC3)CC2)cc1N. The van der Waals surface area contributed by atoms with E-state index in [1.54, 1.807) is 0 Å². The van der Waals surface area contributed by atoms with Gasteiger partial charge in [-0.25, -0.2) is 0 Å². The van der Waals surface area contributed by atoms with Gasteiger partial charge in [-0.2, -0.15) is 0 Å². The fourth-order valence-electron chi connectivity index (χ4n) is 2.84. The summed E-state index contributed by atoms with van der Waals surface area (Å²) in [4.78, 5) is 2.53. The van der Waals surface area contributed by atoms with E-state index < -0.39 is 0 Å². The smallest absolute Gasteiger partial charge is 0.256 e. The molecule has 3 rings (SSSR count). The number of aromatic nitrogens is 2. The second-order valence-electron chi connectivity index (χ2n) is 5.99. The third-order valence-electron chi connectivity index (χ3n) is 4.08. The molecule has 0 saturated carbocycles. The Kier molecular flexibility index (Phi) is 3.85. The number of nitrogens with two attached hydrogens (primary N) is 1. The summed E-state index contributed by atoms with van der Waals surface area (Å²) in [5.41, 5.74) is 6.60. The Morgan fingerprint density at radius 2 is 2.00 bits per heavy atom. The molecule has 6 nitrogen and oxygen atoms in total. The van der Waals surface area contributed by atoms with Gasteiger partial charge in [0.25, 0.3) is 5.88 Å². The van der Waals surface area contributed by atoms with E-state index in [1.807, 2.05) is 24.7 Å². The van der Waals surface area contributed by atoms with Gasteiger partial charge in [-0.1, -0.05) is 0 Å². The molecule has 0 atom stereocenters. The Hall–Kier alpha value is -1.27. The molecular formula is C14H24N4O2. The van der Waals surface area contributed by atoms with Crippen LogP contribution in [0.5, 0.6) is 5.88 Å². The van der Waals surface area contributed by atoms with E-state index in [1.165, 1.54) is 0 Å². The highest BCUT2D eigenvalue weighted by molar-refractivity contribution is 5.46. The van der Waals surface area contributed by atoms with E-state index in [9.17, 15) is 0 Å². The standard InChI is InChI=1S/C14H24N4O2/c1-10(2)20-14-13(15)7-18(16-14)11-3-5-17(6-4-11)12-8-19-9-12/h7,10-12H,3-6,8-9,15H2,1-2H3. The summed E-state index contributed by atoms with van der Waals surface area (Å²) >= 11 is 0. The number of piperidine rings is 1. The molecule has 3 heterocycles. The second-order valence-corrected chi connectivity index (χ2v) is 5.99. The normalized spacial score (nSPS) is 22.1. The number of ether oxygens (including phenoxy) is 2. The average molecular weight is 280 g/mol. The number of rotatable bonds is 4. The minimum Gasteiger partial charge on any atom is -0.472 e. The van der Waals surface area contributed by atoms with Gasteiger partial charge in [-0.05, 0) is 26.7 Å². The van der Waals surface area contributed by atoms with Crippen LogP contribution in [0.4, 0.5) is 5.69 Å². The van der Waals surface area contributed by atoms with Gasteiger partial charge in [0.15, 0.2) is 0 Å². The third kappa shape index (κ3) is 2.76. The van der Waals surface area contributed by atoms with E-state index in [0.717, 1.165) is 39.1 Å². The molecule has 2 saturated heterocycles. The molecule has 6 heteroatoms. The first-order valence-electron chi connectivity index (χ1n) is 7.46. The number of nitrogen functional groups attached to an aromatic ring is 1. The van der Waals surface area contributed by atoms with Crippen LogP contribution >= 0.6 is 0 Å². The molecule has 0 aromatic carbocycles. The zero-order valence-electron chi connectivity index (χ0n) is 12.3. The molecule has 112 valence electrons. The van der Waals surface area contributed by atoms with E-state index >= 15 is 0 Å². The number of hydrogen-bond donors (Lipinski definition) is 1. The number of likely N-dealkylation sites (tertiary alicyclic amines) is 1. The van der Waals surface area contributed by atoms with Gasteiger partial charge in [-0.3, -0.25) is 9.58 Å². The summed E-state index contributed by atoms with van der Waals surface area (Å²) in [5, 5.41) is 4.50. The Morgan fingerprint density at radius 3 is 2.55 bits per heavy atom. The number of anilines is 1. The fourth-order valence-corrected chi connectivity index (χ4v) is 2.84. The lowest BCUT2D eigenvalue weighted by atomic mass is 10.0. The molecule has 0 amide bonds. The van der Waals surface area contributed by atoms with Crippen LogP contribution in [0.3, 0.4) is 0 Å². The second kappa shape index (κ2) is 5.61. The topological polar surface area (TPSA) is 65.5 Å². The molecule has 2 N–H and O–H groups in total. The first-order chi connectivity index (χ1) is 9.63. The molecule has 2 fully saturated rings. The van der Waals surface area contributed by atoms with Crippen molar-refractivity contribution in [3.63, 3.8) is 0 Å². The number of nitrogens with zero attached hydrogens (tertiary/aromatic N) is 3. The highest BCUT2D eigenvalue weighted by Gasteiger charge is 2.30. The van der Waals surface area contributed by atoms with Gasteiger partial charge in [0.05, 0.1) is 37.6 Å². The first-order valence-corrected chi connectivity index (χ1v) is 7.46. The summed E-state index contributed by atoms with van der Waals surface area (Å²) in [6.07, 6.45) is 4.23. The van der Waals surface area contributed by atoms with Gasteiger partial charge in [0, 0.05) is 13.1 Å². The molecule has 1 aromatic heterocycles. The van der Waals surface area contributed by atoms with Gasteiger partial charge in [0.1, 0.15) is 5.69 Å². The van der Waals surface area contributed by atoms with E-state index in [0.29, 0.717) is 23.7 Å². The summed E-state index contributed by atoms with van der Waals surface area (Å²) in [7, 11) is 0. The monoisotopic (exact) mass is 280 g/mol. The minimum absolute atomic E-state index is 0.0983. The van der Waals surface area contributed by atoms with Crippen molar-refractivity contribution in [2.24, 2.45) is 0 Å². The molecule has 0 bridgehead atoms. The quantitative estimate of drug-likeness (QED) is 0.900. The van der Waals surface area contributed by atoms with Crippen LogP contribution in [0.2, 0.25) is 0 Å². The predicted octanol–water partition coefficient (Wildman–Crippen LogP) is 1.29. The van der Waals surface area contributed by atoms with Crippen LogP contribution < -0.4 is 10.5 Å². The molecule has 2 aliphatic heterocycles. The van der Waals surface area contributed by atoms with Crippen LogP contribution in [0.15, 0.2) is 6.20 Å². The third-order valence-corrected chi connectivity index (χ3v) is 4.08. The Bertz CT molecular complexity index is 448. The van der Waals surface area contributed by atoms with Gasteiger partial charge < -0.3 is 15.2 Å². The van der Waals surface area contributed by atoms with E-state index in [4.69, 9.17) is 15.2 Å². The molecule has 0 spiro atoms. The van der Waals surface area contributed by atoms with Crippen molar-refractivity contribution in [3.8, 4) is 5.88 Å². The summed E-state index contributed by atoms with van der Waals surface area (Å²) in [6.45, 7) is 7.98. The fraction of sp³-hybridized carbons (Fsp3) is 0.786. The maximum atomic E-state index is 5.97. The van der Waals surface area contributed by atoms with Crippen molar-refractivity contribution in [2.75, 3.05) is 32.0 Å². The van der Waals surface area contributed by atoms with Crippen LogP contribution in [-0.2, 0) is 4.74 Å². The highest BCUT2D eigenvalue weighted by atomic mass is 16.5. The maximum absolute atomic E-state index is 5.97. The van der Waals surface area contributed by atoms with Gasteiger partial charge >= 0.3 is 0 Å². The minimum atomic E-state index is 0.0983.